The lowest BCUT2D eigenvalue weighted by Gasteiger charge is -1.97. The molecule has 66 valence electrons. The minimum absolute atomic E-state index is 0.0698. The van der Waals surface area contributed by atoms with E-state index in [1.165, 1.54) is 0 Å². The summed E-state index contributed by atoms with van der Waals surface area (Å²) >= 11 is 0. The van der Waals surface area contributed by atoms with Crippen LogP contribution in [0.25, 0.3) is 0 Å². The summed E-state index contributed by atoms with van der Waals surface area (Å²) in [5.74, 6) is -0.208. The van der Waals surface area contributed by atoms with Crippen LogP contribution in [0.1, 0.15) is 19.2 Å². The summed E-state index contributed by atoms with van der Waals surface area (Å²) in [6.07, 6.45) is 0.455. The standard InChI is InChI=1S/C6H10N4O2/c1-2-10-5(7-8-9-10)3-4-6(11)12/h2-4H2,1H3,(H,11,12). The predicted octanol–water partition coefficient (Wildman–Crippen LogP) is -0.290. The maximum absolute atomic E-state index is 10.2. The van der Waals surface area contributed by atoms with Crippen LogP contribution in [-0.2, 0) is 17.8 Å². The highest BCUT2D eigenvalue weighted by Gasteiger charge is 2.05. The maximum Gasteiger partial charge on any atom is 0.303 e. The van der Waals surface area contributed by atoms with Crippen molar-refractivity contribution in [3.8, 4) is 0 Å². The Morgan fingerprint density at radius 1 is 1.67 bits per heavy atom. The van der Waals surface area contributed by atoms with Crippen LogP contribution in [0.15, 0.2) is 0 Å². The molecule has 0 spiro atoms. The summed E-state index contributed by atoms with van der Waals surface area (Å²) in [7, 11) is 0. The zero-order valence-corrected chi connectivity index (χ0v) is 6.77. The largest absolute Gasteiger partial charge is 0.481 e. The normalized spacial score (nSPS) is 10.1. The summed E-state index contributed by atoms with van der Waals surface area (Å²) in [5, 5.41) is 19.2. The number of hydrogen-bond acceptors (Lipinski definition) is 4. The van der Waals surface area contributed by atoms with Gasteiger partial charge in [-0.15, -0.1) is 5.10 Å². The van der Waals surface area contributed by atoms with Gasteiger partial charge in [-0.05, 0) is 17.4 Å². The van der Waals surface area contributed by atoms with Gasteiger partial charge >= 0.3 is 5.97 Å². The summed E-state index contributed by atoms with van der Waals surface area (Å²) < 4.78 is 1.59. The third kappa shape index (κ3) is 2.01. The second-order valence-electron chi connectivity index (χ2n) is 2.30. The van der Waals surface area contributed by atoms with Crippen molar-refractivity contribution in [2.24, 2.45) is 0 Å². The van der Waals surface area contributed by atoms with Gasteiger partial charge in [-0.3, -0.25) is 4.79 Å². The van der Waals surface area contributed by atoms with E-state index < -0.39 is 5.97 Å². The number of carbonyl (C=O) groups is 1. The van der Waals surface area contributed by atoms with Crippen molar-refractivity contribution < 1.29 is 9.90 Å². The van der Waals surface area contributed by atoms with Crippen molar-refractivity contribution in [3.63, 3.8) is 0 Å². The van der Waals surface area contributed by atoms with Crippen molar-refractivity contribution >= 4 is 5.97 Å². The minimum atomic E-state index is -0.833. The molecule has 0 saturated heterocycles. The van der Waals surface area contributed by atoms with Crippen LogP contribution in [0, 0.1) is 0 Å². The number of hydrogen-bond donors (Lipinski definition) is 1. The van der Waals surface area contributed by atoms with E-state index in [1.807, 2.05) is 6.92 Å². The van der Waals surface area contributed by atoms with Gasteiger partial charge in [0.1, 0.15) is 0 Å². The number of carboxylic acids is 1. The average molecular weight is 170 g/mol. The predicted molar refractivity (Wildman–Crippen MR) is 39.4 cm³/mol. The van der Waals surface area contributed by atoms with Crippen molar-refractivity contribution in [1.82, 2.24) is 20.2 Å². The van der Waals surface area contributed by atoms with Gasteiger partial charge in [0.05, 0.1) is 6.42 Å². The Kier molecular flexibility index (Phi) is 2.73. The van der Waals surface area contributed by atoms with Gasteiger partial charge in [0.25, 0.3) is 0 Å². The fourth-order valence-corrected chi connectivity index (χ4v) is 0.867. The van der Waals surface area contributed by atoms with Gasteiger partial charge in [-0.2, -0.15) is 0 Å². The van der Waals surface area contributed by atoms with Gasteiger partial charge in [0, 0.05) is 13.0 Å². The molecule has 1 aromatic heterocycles. The second kappa shape index (κ2) is 3.80. The first-order chi connectivity index (χ1) is 5.74. The average Bonchev–Trinajstić information content (AvgIpc) is 2.47. The van der Waals surface area contributed by atoms with E-state index in [0.29, 0.717) is 18.8 Å². The van der Waals surface area contributed by atoms with E-state index in [-0.39, 0.29) is 6.42 Å². The first-order valence-corrected chi connectivity index (χ1v) is 3.71. The van der Waals surface area contributed by atoms with Crippen LogP contribution in [0.4, 0.5) is 0 Å². The number of carboxylic acid groups (broad SMARTS) is 1. The first kappa shape index (κ1) is 8.63. The lowest BCUT2D eigenvalue weighted by Crippen LogP contribution is -2.06. The molecule has 1 N–H and O–H groups in total. The van der Waals surface area contributed by atoms with Crippen molar-refractivity contribution in [3.05, 3.63) is 5.82 Å². The van der Waals surface area contributed by atoms with Crippen LogP contribution in [-0.4, -0.2) is 31.3 Å². The quantitative estimate of drug-likeness (QED) is 0.671. The number of nitrogens with zero attached hydrogens (tertiary/aromatic N) is 4. The van der Waals surface area contributed by atoms with E-state index in [9.17, 15) is 4.79 Å². The molecule has 0 bridgehead atoms. The van der Waals surface area contributed by atoms with Gasteiger partial charge in [0.2, 0.25) is 0 Å². The Balaban J connectivity index is 2.56. The van der Waals surface area contributed by atoms with Crippen LogP contribution in [0.5, 0.6) is 0 Å². The third-order valence-electron chi connectivity index (χ3n) is 1.47. The van der Waals surface area contributed by atoms with Crippen molar-refractivity contribution in [2.75, 3.05) is 0 Å². The molecule has 0 aromatic carbocycles. The molecule has 0 unspecified atom stereocenters. The molecule has 0 fully saturated rings. The Labute approximate surface area is 69.2 Å². The molecule has 1 heterocycles. The van der Waals surface area contributed by atoms with Crippen LogP contribution in [0.2, 0.25) is 0 Å². The first-order valence-electron chi connectivity index (χ1n) is 3.71. The molecule has 0 atom stereocenters. The van der Waals surface area contributed by atoms with Gasteiger partial charge < -0.3 is 5.11 Å². The zero-order valence-electron chi connectivity index (χ0n) is 6.77. The van der Waals surface area contributed by atoms with Crippen molar-refractivity contribution in [2.45, 2.75) is 26.3 Å². The molecule has 0 radical (unpaired) electrons. The summed E-state index contributed by atoms with van der Waals surface area (Å²) in [5.41, 5.74) is 0. The third-order valence-corrected chi connectivity index (χ3v) is 1.47. The van der Waals surface area contributed by atoms with E-state index in [0.717, 1.165) is 0 Å². The van der Waals surface area contributed by atoms with E-state index >= 15 is 0 Å². The molecule has 0 aliphatic heterocycles. The lowest BCUT2D eigenvalue weighted by atomic mass is 10.3. The van der Waals surface area contributed by atoms with E-state index in [4.69, 9.17) is 5.11 Å². The highest BCUT2D eigenvalue weighted by molar-refractivity contribution is 5.66. The molecular weight excluding hydrogens is 160 g/mol. The number of aryl methyl sites for hydroxylation is 2. The Morgan fingerprint density at radius 2 is 2.42 bits per heavy atom. The summed E-state index contributed by atoms with van der Waals surface area (Å²) in [6, 6.07) is 0. The van der Waals surface area contributed by atoms with Crippen molar-refractivity contribution in [1.29, 1.82) is 0 Å². The van der Waals surface area contributed by atoms with Crippen LogP contribution < -0.4 is 0 Å². The molecule has 0 aliphatic rings. The summed E-state index contributed by atoms with van der Waals surface area (Å²) in [4.78, 5) is 10.2. The number of aromatic nitrogens is 4. The minimum Gasteiger partial charge on any atom is -0.481 e. The topological polar surface area (TPSA) is 80.9 Å². The van der Waals surface area contributed by atoms with Crippen LogP contribution >= 0.6 is 0 Å². The fourth-order valence-electron chi connectivity index (χ4n) is 0.867. The molecular formula is C6H10N4O2. The Morgan fingerprint density at radius 3 is 3.00 bits per heavy atom. The molecule has 1 aromatic rings. The number of aliphatic carboxylic acids is 1. The maximum atomic E-state index is 10.2. The Bertz CT molecular complexity index is 270. The second-order valence-corrected chi connectivity index (χ2v) is 2.30. The van der Waals surface area contributed by atoms with Crippen LogP contribution in [0.3, 0.4) is 0 Å². The Hall–Kier alpha value is -1.46. The van der Waals surface area contributed by atoms with Gasteiger partial charge in [-0.1, -0.05) is 0 Å². The van der Waals surface area contributed by atoms with E-state index in [1.54, 1.807) is 4.68 Å². The lowest BCUT2D eigenvalue weighted by molar-refractivity contribution is -0.137. The smallest absolute Gasteiger partial charge is 0.303 e. The molecule has 0 saturated carbocycles. The fraction of sp³-hybridized carbons (Fsp3) is 0.667. The SMILES string of the molecule is CCn1nnnc1CCC(=O)O. The highest BCUT2D eigenvalue weighted by Crippen LogP contribution is 1.96. The zero-order chi connectivity index (χ0) is 8.97. The highest BCUT2D eigenvalue weighted by atomic mass is 16.4. The molecule has 0 aliphatic carbocycles. The number of tetrazole rings is 1. The molecule has 6 heteroatoms. The van der Waals surface area contributed by atoms with E-state index in [2.05, 4.69) is 15.5 Å². The molecule has 12 heavy (non-hydrogen) atoms. The monoisotopic (exact) mass is 170 g/mol. The molecule has 0 amide bonds. The molecule has 1 rings (SSSR count). The van der Waals surface area contributed by atoms with Gasteiger partial charge in [0.15, 0.2) is 5.82 Å². The molecule has 6 nitrogen and oxygen atoms in total. The van der Waals surface area contributed by atoms with Gasteiger partial charge in [-0.25, -0.2) is 4.68 Å². The number of rotatable bonds is 4. The summed E-state index contributed by atoms with van der Waals surface area (Å²) in [6.45, 7) is 2.57.